The number of aromatic nitrogens is 3. The molecule has 2 aliphatic rings. The van der Waals surface area contributed by atoms with Gasteiger partial charge in [0.1, 0.15) is 16.7 Å². The van der Waals surface area contributed by atoms with E-state index in [0.29, 0.717) is 0 Å². The summed E-state index contributed by atoms with van der Waals surface area (Å²) < 4.78 is 0. The van der Waals surface area contributed by atoms with E-state index in [9.17, 15) is 0 Å². The number of fused-ring (bicyclic) bond motifs is 1. The van der Waals surface area contributed by atoms with Crippen LogP contribution >= 0.6 is 0 Å². The van der Waals surface area contributed by atoms with Gasteiger partial charge in [0.2, 0.25) is 0 Å². The monoisotopic (exact) mass is 256 g/mol. The van der Waals surface area contributed by atoms with E-state index in [-0.39, 0.29) is 5.66 Å². The van der Waals surface area contributed by atoms with Gasteiger partial charge in [-0.3, -0.25) is 4.90 Å². The van der Waals surface area contributed by atoms with Gasteiger partial charge in [0.25, 0.3) is 0 Å². The standard InChI is InChI=1S/C15H20N4/c1-15(11-18(15)12-7-3-2-4-8-12)19-16-13-9-5-6-10-14(13)17-19/h5-6,9-10,12H,2-4,7-8,11H2,1H3/t15-,18?/m0/s1. The summed E-state index contributed by atoms with van der Waals surface area (Å²) in [5.41, 5.74) is 2.01. The highest BCUT2D eigenvalue weighted by Crippen LogP contribution is 2.42. The lowest BCUT2D eigenvalue weighted by atomic mass is 9.95. The number of hydrogen-bond acceptors (Lipinski definition) is 3. The van der Waals surface area contributed by atoms with Crippen LogP contribution in [0.25, 0.3) is 11.0 Å². The summed E-state index contributed by atoms with van der Waals surface area (Å²) in [5, 5.41) is 9.31. The van der Waals surface area contributed by atoms with Crippen LogP contribution in [0.4, 0.5) is 0 Å². The Morgan fingerprint density at radius 1 is 1.05 bits per heavy atom. The predicted octanol–water partition coefficient (Wildman–Crippen LogP) is 2.75. The van der Waals surface area contributed by atoms with Crippen LogP contribution in [-0.4, -0.2) is 32.5 Å². The molecule has 2 aromatic rings. The van der Waals surface area contributed by atoms with Crippen molar-refractivity contribution in [2.24, 2.45) is 0 Å². The molecule has 4 rings (SSSR count). The van der Waals surface area contributed by atoms with Gasteiger partial charge < -0.3 is 0 Å². The maximum atomic E-state index is 4.66. The van der Waals surface area contributed by atoms with E-state index in [1.807, 2.05) is 29.1 Å². The molecule has 1 saturated heterocycles. The molecule has 0 radical (unpaired) electrons. The second-order valence-electron chi connectivity index (χ2n) is 6.11. The highest BCUT2D eigenvalue weighted by Gasteiger charge is 2.54. The second kappa shape index (κ2) is 4.04. The number of rotatable bonds is 2. The molecule has 2 heterocycles. The molecule has 1 unspecified atom stereocenters. The summed E-state index contributed by atoms with van der Waals surface area (Å²) in [6.07, 6.45) is 6.86. The Kier molecular flexibility index (Phi) is 2.42. The molecular weight excluding hydrogens is 236 g/mol. The zero-order chi connectivity index (χ0) is 12.9. The van der Waals surface area contributed by atoms with Crippen molar-refractivity contribution >= 4 is 11.0 Å². The number of nitrogens with zero attached hydrogens (tertiary/aromatic N) is 4. The first-order valence-corrected chi connectivity index (χ1v) is 7.37. The molecule has 0 amide bonds. The fourth-order valence-electron chi connectivity index (χ4n) is 3.46. The maximum absolute atomic E-state index is 4.66. The maximum Gasteiger partial charge on any atom is 0.145 e. The third-order valence-corrected chi connectivity index (χ3v) is 4.72. The van der Waals surface area contributed by atoms with E-state index in [4.69, 9.17) is 0 Å². The first-order chi connectivity index (χ1) is 9.27. The smallest absolute Gasteiger partial charge is 0.145 e. The summed E-state index contributed by atoms with van der Waals surface area (Å²) in [6, 6.07) is 8.86. The SMILES string of the molecule is C[C@]1(n2nc3ccccc3n2)CN1C1CCCCC1. The highest BCUT2D eigenvalue weighted by molar-refractivity contribution is 5.73. The van der Waals surface area contributed by atoms with Crippen molar-refractivity contribution in [3.8, 4) is 0 Å². The molecule has 100 valence electrons. The summed E-state index contributed by atoms with van der Waals surface area (Å²) in [7, 11) is 0. The van der Waals surface area contributed by atoms with Crippen LogP contribution in [0, 0.1) is 0 Å². The topological polar surface area (TPSA) is 33.7 Å². The molecule has 2 fully saturated rings. The van der Waals surface area contributed by atoms with Crippen molar-refractivity contribution in [1.82, 2.24) is 19.9 Å². The van der Waals surface area contributed by atoms with Gasteiger partial charge in [0, 0.05) is 12.6 Å². The van der Waals surface area contributed by atoms with Gasteiger partial charge in [-0.2, -0.15) is 15.0 Å². The van der Waals surface area contributed by atoms with Crippen molar-refractivity contribution in [1.29, 1.82) is 0 Å². The van der Waals surface area contributed by atoms with E-state index in [1.54, 1.807) is 0 Å². The third-order valence-electron chi connectivity index (χ3n) is 4.72. The molecule has 0 spiro atoms. The highest BCUT2D eigenvalue weighted by atomic mass is 15.6. The van der Waals surface area contributed by atoms with Crippen molar-refractivity contribution in [3.05, 3.63) is 24.3 Å². The summed E-state index contributed by atoms with van der Waals surface area (Å²) >= 11 is 0. The van der Waals surface area contributed by atoms with Gasteiger partial charge in [-0.1, -0.05) is 31.4 Å². The van der Waals surface area contributed by atoms with Gasteiger partial charge in [0.15, 0.2) is 0 Å². The Labute approximate surface area is 113 Å². The van der Waals surface area contributed by atoms with E-state index >= 15 is 0 Å². The average Bonchev–Trinajstić information content (AvgIpc) is 2.97. The summed E-state index contributed by atoms with van der Waals surface area (Å²) in [4.78, 5) is 4.51. The van der Waals surface area contributed by atoms with E-state index in [2.05, 4.69) is 22.0 Å². The molecule has 19 heavy (non-hydrogen) atoms. The molecule has 0 N–H and O–H groups in total. The van der Waals surface area contributed by atoms with Crippen molar-refractivity contribution in [2.75, 3.05) is 6.54 Å². The lowest BCUT2D eigenvalue weighted by Gasteiger charge is -2.25. The largest absolute Gasteiger partial charge is 0.270 e. The first kappa shape index (κ1) is 11.4. The molecule has 4 heteroatoms. The van der Waals surface area contributed by atoms with Gasteiger partial charge in [0.05, 0.1) is 0 Å². The van der Waals surface area contributed by atoms with Crippen LogP contribution in [0.2, 0.25) is 0 Å². The molecule has 4 nitrogen and oxygen atoms in total. The van der Waals surface area contributed by atoms with Gasteiger partial charge in [-0.05, 0) is 31.9 Å². The Morgan fingerprint density at radius 2 is 1.68 bits per heavy atom. The molecule has 0 bridgehead atoms. The van der Waals surface area contributed by atoms with E-state index in [0.717, 1.165) is 23.6 Å². The van der Waals surface area contributed by atoms with E-state index < -0.39 is 0 Å². The predicted molar refractivity (Wildman–Crippen MR) is 74.8 cm³/mol. The van der Waals surface area contributed by atoms with Gasteiger partial charge in [-0.15, -0.1) is 0 Å². The van der Waals surface area contributed by atoms with Crippen LogP contribution in [0.5, 0.6) is 0 Å². The zero-order valence-corrected chi connectivity index (χ0v) is 11.4. The van der Waals surface area contributed by atoms with Crippen molar-refractivity contribution in [2.45, 2.75) is 50.7 Å². The lowest BCUT2D eigenvalue weighted by Crippen LogP contribution is -2.31. The molecule has 1 aromatic carbocycles. The Hall–Kier alpha value is -1.42. The quantitative estimate of drug-likeness (QED) is 0.775. The van der Waals surface area contributed by atoms with Crippen LogP contribution < -0.4 is 0 Å². The number of benzene rings is 1. The van der Waals surface area contributed by atoms with Gasteiger partial charge in [-0.25, -0.2) is 0 Å². The van der Waals surface area contributed by atoms with Crippen LogP contribution in [-0.2, 0) is 5.66 Å². The average molecular weight is 256 g/mol. The van der Waals surface area contributed by atoms with Crippen molar-refractivity contribution in [3.63, 3.8) is 0 Å². The zero-order valence-electron chi connectivity index (χ0n) is 11.4. The lowest BCUT2D eigenvalue weighted by molar-refractivity contribution is 0.199. The second-order valence-corrected chi connectivity index (χ2v) is 6.11. The Morgan fingerprint density at radius 3 is 2.32 bits per heavy atom. The summed E-state index contributed by atoms with van der Waals surface area (Å²) in [5.74, 6) is 0. The molecule has 2 atom stereocenters. The molecule has 1 aliphatic carbocycles. The minimum absolute atomic E-state index is 0.0149. The third kappa shape index (κ3) is 1.77. The molecule has 1 aliphatic heterocycles. The van der Waals surface area contributed by atoms with Gasteiger partial charge >= 0.3 is 0 Å². The molecule has 1 saturated carbocycles. The van der Waals surface area contributed by atoms with Crippen molar-refractivity contribution < 1.29 is 0 Å². The fourth-order valence-corrected chi connectivity index (χ4v) is 3.46. The molecule has 1 aromatic heterocycles. The number of hydrogen-bond donors (Lipinski definition) is 0. The molecular formula is C15H20N4. The minimum atomic E-state index is 0.0149. The summed E-state index contributed by atoms with van der Waals surface area (Å²) in [6.45, 7) is 3.36. The van der Waals surface area contributed by atoms with Crippen LogP contribution in [0.1, 0.15) is 39.0 Å². The van der Waals surface area contributed by atoms with Crippen LogP contribution in [0.3, 0.4) is 0 Å². The van der Waals surface area contributed by atoms with E-state index in [1.165, 1.54) is 32.1 Å². The Balaban J connectivity index is 1.61. The normalized spacial score (nSPS) is 31.7. The first-order valence-electron chi connectivity index (χ1n) is 7.37. The fraction of sp³-hybridized carbons (Fsp3) is 0.600. The van der Waals surface area contributed by atoms with Crippen LogP contribution in [0.15, 0.2) is 24.3 Å². The Bertz CT molecular complexity index is 566. The minimum Gasteiger partial charge on any atom is -0.270 e.